The van der Waals surface area contributed by atoms with Crippen molar-refractivity contribution in [1.29, 1.82) is 0 Å². The van der Waals surface area contributed by atoms with Gasteiger partial charge in [0.2, 0.25) is 0 Å². The molecule has 1 heteroatoms. The van der Waals surface area contributed by atoms with Crippen LogP contribution >= 0.6 is 0 Å². The van der Waals surface area contributed by atoms with Gasteiger partial charge in [-0.15, -0.1) is 0 Å². The molecular formula is C14H23N. The van der Waals surface area contributed by atoms with E-state index in [2.05, 4.69) is 18.7 Å². The molecule has 6 unspecified atom stereocenters. The lowest BCUT2D eigenvalue weighted by Gasteiger charge is -2.34. The van der Waals surface area contributed by atoms with Crippen molar-refractivity contribution in [3.05, 3.63) is 0 Å². The largest absolute Gasteiger partial charge is 0.297 e. The molecule has 3 aliphatic carbocycles. The minimum atomic E-state index is 0.861. The van der Waals surface area contributed by atoms with Crippen molar-refractivity contribution in [2.45, 2.75) is 58.0 Å². The molecule has 15 heavy (non-hydrogen) atoms. The number of likely N-dealkylation sites (tertiary alicyclic amines) is 1. The van der Waals surface area contributed by atoms with E-state index in [1.54, 1.807) is 25.7 Å². The molecule has 6 atom stereocenters. The van der Waals surface area contributed by atoms with Crippen molar-refractivity contribution >= 4 is 0 Å². The Bertz CT molecular complexity index is 300. The molecule has 1 nitrogen and oxygen atoms in total. The smallest absolute Gasteiger partial charge is 0.0167 e. The lowest BCUT2D eigenvalue weighted by atomic mass is 9.73. The lowest BCUT2D eigenvalue weighted by Crippen LogP contribution is -2.38. The molecule has 0 amide bonds. The first-order chi connectivity index (χ1) is 7.32. The molecule has 1 aliphatic heterocycles. The number of hydrogen-bond acceptors (Lipinski definition) is 1. The second-order valence-corrected chi connectivity index (χ2v) is 6.43. The van der Waals surface area contributed by atoms with Crippen LogP contribution < -0.4 is 0 Å². The summed E-state index contributed by atoms with van der Waals surface area (Å²) in [5, 5.41) is 0. The van der Waals surface area contributed by atoms with E-state index in [1.807, 2.05) is 0 Å². The maximum absolute atomic E-state index is 2.87. The number of nitrogens with zero attached hydrogens (tertiary/aromatic N) is 1. The van der Waals surface area contributed by atoms with E-state index in [0.717, 1.165) is 35.3 Å². The second-order valence-electron chi connectivity index (χ2n) is 6.43. The third-order valence-electron chi connectivity index (χ3n) is 6.39. The van der Waals surface area contributed by atoms with Gasteiger partial charge in [0.15, 0.2) is 0 Å². The normalized spacial score (nSPS) is 60.8. The molecule has 1 saturated heterocycles. The van der Waals surface area contributed by atoms with E-state index in [0.29, 0.717) is 0 Å². The molecule has 0 N–H and O–H groups in total. The highest BCUT2D eigenvalue weighted by atomic mass is 15.3. The van der Waals surface area contributed by atoms with Crippen LogP contribution in [-0.2, 0) is 0 Å². The van der Waals surface area contributed by atoms with Crippen molar-refractivity contribution in [2.75, 3.05) is 6.54 Å². The molecule has 2 bridgehead atoms. The zero-order chi connectivity index (χ0) is 10.2. The van der Waals surface area contributed by atoms with Gasteiger partial charge in [-0.25, -0.2) is 0 Å². The Morgan fingerprint density at radius 3 is 2.87 bits per heavy atom. The summed E-state index contributed by atoms with van der Waals surface area (Å²) in [7, 11) is 0. The third kappa shape index (κ3) is 0.800. The average Bonchev–Trinajstić information content (AvgIpc) is 2.68. The highest BCUT2D eigenvalue weighted by molar-refractivity contribution is 5.28. The Morgan fingerprint density at radius 1 is 1.27 bits per heavy atom. The fourth-order valence-electron chi connectivity index (χ4n) is 6.09. The lowest BCUT2D eigenvalue weighted by molar-refractivity contribution is 0.140. The molecule has 0 aromatic heterocycles. The van der Waals surface area contributed by atoms with Gasteiger partial charge in [0, 0.05) is 12.1 Å². The van der Waals surface area contributed by atoms with Crippen LogP contribution in [-0.4, -0.2) is 23.5 Å². The maximum Gasteiger partial charge on any atom is 0.0167 e. The van der Waals surface area contributed by atoms with Gasteiger partial charge in [0.05, 0.1) is 0 Å². The minimum Gasteiger partial charge on any atom is -0.297 e. The summed E-state index contributed by atoms with van der Waals surface area (Å²) in [6.45, 7) is 6.09. The summed E-state index contributed by atoms with van der Waals surface area (Å²) < 4.78 is 0. The van der Waals surface area contributed by atoms with Gasteiger partial charge < -0.3 is 0 Å². The van der Waals surface area contributed by atoms with Gasteiger partial charge in [0.25, 0.3) is 0 Å². The molecule has 3 saturated carbocycles. The SMILES string of the molecule is CCC1C2C3CCC(C3)C23CC3N1CC. The summed E-state index contributed by atoms with van der Waals surface area (Å²) in [5.41, 5.74) is 0.861. The molecule has 0 aromatic rings. The van der Waals surface area contributed by atoms with Crippen LogP contribution in [0.25, 0.3) is 0 Å². The first kappa shape index (κ1) is 9.04. The zero-order valence-electron chi connectivity index (χ0n) is 10.1. The van der Waals surface area contributed by atoms with Crippen molar-refractivity contribution in [3.63, 3.8) is 0 Å². The number of hydrogen-bond donors (Lipinski definition) is 0. The molecule has 84 valence electrons. The number of piperidine rings is 1. The Balaban J connectivity index is 1.74. The molecule has 4 aliphatic rings. The predicted molar refractivity (Wildman–Crippen MR) is 61.6 cm³/mol. The van der Waals surface area contributed by atoms with Gasteiger partial charge in [0.1, 0.15) is 0 Å². The molecule has 0 aromatic carbocycles. The molecular weight excluding hydrogens is 182 g/mol. The predicted octanol–water partition coefficient (Wildman–Crippen LogP) is 2.91. The van der Waals surface area contributed by atoms with Crippen LogP contribution in [0.3, 0.4) is 0 Å². The summed E-state index contributed by atoms with van der Waals surface area (Å²) in [4.78, 5) is 2.87. The van der Waals surface area contributed by atoms with Crippen LogP contribution in [0.15, 0.2) is 0 Å². The van der Waals surface area contributed by atoms with Crippen molar-refractivity contribution in [1.82, 2.24) is 4.90 Å². The number of fused-ring (bicyclic) bond motifs is 3. The van der Waals surface area contributed by atoms with Crippen LogP contribution in [0.4, 0.5) is 0 Å². The summed E-state index contributed by atoms with van der Waals surface area (Å²) in [6.07, 6.45) is 7.72. The van der Waals surface area contributed by atoms with Crippen molar-refractivity contribution in [3.8, 4) is 0 Å². The van der Waals surface area contributed by atoms with Crippen molar-refractivity contribution in [2.24, 2.45) is 23.2 Å². The van der Waals surface area contributed by atoms with Crippen LogP contribution in [0, 0.1) is 23.2 Å². The molecule has 1 heterocycles. The Labute approximate surface area is 93.2 Å². The summed E-state index contributed by atoms with van der Waals surface area (Å²) in [5.74, 6) is 3.38. The highest BCUT2D eigenvalue weighted by Crippen LogP contribution is 2.77. The number of rotatable bonds is 2. The van der Waals surface area contributed by atoms with Crippen LogP contribution in [0.2, 0.25) is 0 Å². The first-order valence-corrected chi connectivity index (χ1v) is 7.08. The molecule has 0 radical (unpaired) electrons. The Hall–Kier alpha value is -0.0400. The van der Waals surface area contributed by atoms with E-state index < -0.39 is 0 Å². The fourth-order valence-corrected chi connectivity index (χ4v) is 6.09. The van der Waals surface area contributed by atoms with E-state index in [-0.39, 0.29) is 0 Å². The third-order valence-corrected chi connectivity index (χ3v) is 6.39. The van der Waals surface area contributed by atoms with Crippen LogP contribution in [0.1, 0.15) is 46.0 Å². The highest BCUT2D eigenvalue weighted by Gasteiger charge is 2.77. The van der Waals surface area contributed by atoms with Crippen LogP contribution in [0.5, 0.6) is 0 Å². The second kappa shape index (κ2) is 2.61. The van der Waals surface area contributed by atoms with Gasteiger partial charge in [-0.2, -0.15) is 0 Å². The molecule has 1 spiro atoms. The molecule has 4 rings (SSSR count). The zero-order valence-corrected chi connectivity index (χ0v) is 10.1. The Kier molecular flexibility index (Phi) is 1.57. The summed E-state index contributed by atoms with van der Waals surface area (Å²) in [6, 6.07) is 1.98. The van der Waals surface area contributed by atoms with Gasteiger partial charge >= 0.3 is 0 Å². The monoisotopic (exact) mass is 205 g/mol. The van der Waals surface area contributed by atoms with E-state index in [4.69, 9.17) is 0 Å². The maximum atomic E-state index is 2.87. The quantitative estimate of drug-likeness (QED) is 0.670. The van der Waals surface area contributed by atoms with Crippen molar-refractivity contribution < 1.29 is 0 Å². The van der Waals surface area contributed by atoms with Gasteiger partial charge in [-0.1, -0.05) is 13.8 Å². The Morgan fingerprint density at radius 2 is 2.13 bits per heavy atom. The van der Waals surface area contributed by atoms with Gasteiger partial charge in [-0.3, -0.25) is 4.90 Å². The standard InChI is InChI=1S/C14H23N/c1-3-11-13-9-5-6-10(7-9)14(13)8-12(14)15(11)4-2/h9-13H,3-8H2,1-2H3. The average molecular weight is 205 g/mol. The fraction of sp³-hybridized carbons (Fsp3) is 1.00. The van der Waals surface area contributed by atoms with E-state index in [1.165, 1.54) is 13.0 Å². The molecule has 4 fully saturated rings. The first-order valence-electron chi connectivity index (χ1n) is 7.08. The topological polar surface area (TPSA) is 3.24 Å². The summed E-state index contributed by atoms with van der Waals surface area (Å²) >= 11 is 0. The van der Waals surface area contributed by atoms with E-state index >= 15 is 0 Å². The minimum absolute atomic E-state index is 0.861. The van der Waals surface area contributed by atoms with E-state index in [9.17, 15) is 0 Å². The van der Waals surface area contributed by atoms with Gasteiger partial charge in [-0.05, 0) is 61.8 Å².